The van der Waals surface area contributed by atoms with Gasteiger partial charge in [0, 0.05) is 12.5 Å². The fourth-order valence-electron chi connectivity index (χ4n) is 1.35. The highest BCUT2D eigenvalue weighted by Crippen LogP contribution is 2.19. The molecule has 86 valence electrons. The summed E-state index contributed by atoms with van der Waals surface area (Å²) in [6, 6.07) is 3.51. The standard InChI is InChI=1S/C11H13NO4/c13-10(14)6-4-8-3-5-9(16-8)11(15)12-7-1-2-7/h3,5,7H,1-2,4,6H2,(H,12,15)(H,13,14). The fraction of sp³-hybridized carbons (Fsp3) is 0.455. The van der Waals surface area contributed by atoms with Crippen molar-refractivity contribution in [1.29, 1.82) is 0 Å². The number of carbonyl (C=O) groups excluding carboxylic acids is 1. The van der Waals surface area contributed by atoms with Gasteiger partial charge < -0.3 is 14.8 Å². The Bertz CT molecular complexity index is 406. The van der Waals surface area contributed by atoms with Gasteiger partial charge in [-0.3, -0.25) is 9.59 Å². The smallest absolute Gasteiger partial charge is 0.303 e. The quantitative estimate of drug-likeness (QED) is 0.785. The summed E-state index contributed by atoms with van der Waals surface area (Å²) in [7, 11) is 0. The second kappa shape index (κ2) is 4.38. The molecule has 1 amide bonds. The average molecular weight is 223 g/mol. The van der Waals surface area contributed by atoms with E-state index in [4.69, 9.17) is 9.52 Å². The lowest BCUT2D eigenvalue weighted by Gasteiger charge is -1.98. The van der Waals surface area contributed by atoms with E-state index in [1.807, 2.05) is 0 Å². The second-order valence-electron chi connectivity index (χ2n) is 3.91. The van der Waals surface area contributed by atoms with Crippen molar-refractivity contribution in [2.24, 2.45) is 0 Å². The van der Waals surface area contributed by atoms with Crippen molar-refractivity contribution in [2.75, 3.05) is 0 Å². The van der Waals surface area contributed by atoms with Crippen LogP contribution >= 0.6 is 0 Å². The van der Waals surface area contributed by atoms with Gasteiger partial charge in [0.05, 0.1) is 6.42 Å². The number of carboxylic acids is 1. The van der Waals surface area contributed by atoms with Gasteiger partial charge in [0.15, 0.2) is 5.76 Å². The van der Waals surface area contributed by atoms with E-state index < -0.39 is 5.97 Å². The summed E-state index contributed by atoms with van der Waals surface area (Å²) < 4.78 is 5.25. The Morgan fingerprint density at radius 1 is 1.44 bits per heavy atom. The second-order valence-corrected chi connectivity index (χ2v) is 3.91. The molecule has 1 heterocycles. The average Bonchev–Trinajstić information content (AvgIpc) is 2.92. The first-order valence-electron chi connectivity index (χ1n) is 5.26. The largest absolute Gasteiger partial charge is 0.481 e. The molecule has 2 rings (SSSR count). The predicted molar refractivity (Wildman–Crippen MR) is 55.2 cm³/mol. The Labute approximate surface area is 92.4 Å². The van der Waals surface area contributed by atoms with E-state index in [1.54, 1.807) is 12.1 Å². The Morgan fingerprint density at radius 3 is 2.81 bits per heavy atom. The maximum absolute atomic E-state index is 11.5. The van der Waals surface area contributed by atoms with Gasteiger partial charge in [0.2, 0.25) is 0 Å². The maximum atomic E-state index is 11.5. The molecule has 16 heavy (non-hydrogen) atoms. The zero-order valence-corrected chi connectivity index (χ0v) is 8.73. The van der Waals surface area contributed by atoms with Crippen molar-refractivity contribution in [1.82, 2.24) is 5.32 Å². The minimum absolute atomic E-state index is 0.0111. The monoisotopic (exact) mass is 223 g/mol. The highest BCUT2D eigenvalue weighted by Gasteiger charge is 2.25. The van der Waals surface area contributed by atoms with Gasteiger partial charge in [0.25, 0.3) is 5.91 Å². The normalized spacial score (nSPS) is 14.8. The molecule has 1 aliphatic carbocycles. The first kappa shape index (κ1) is 10.7. The number of amides is 1. The van der Waals surface area contributed by atoms with Crippen LogP contribution in [0.25, 0.3) is 0 Å². The van der Waals surface area contributed by atoms with E-state index in [0.29, 0.717) is 18.2 Å². The molecule has 0 atom stereocenters. The van der Waals surface area contributed by atoms with Gasteiger partial charge >= 0.3 is 5.97 Å². The fourth-order valence-corrected chi connectivity index (χ4v) is 1.35. The summed E-state index contributed by atoms with van der Waals surface area (Å²) in [5.41, 5.74) is 0. The number of hydrogen-bond acceptors (Lipinski definition) is 3. The van der Waals surface area contributed by atoms with Crippen LogP contribution in [0.1, 0.15) is 35.6 Å². The summed E-state index contributed by atoms with van der Waals surface area (Å²) in [5, 5.41) is 11.3. The third-order valence-electron chi connectivity index (χ3n) is 2.38. The summed E-state index contributed by atoms with van der Waals surface area (Å²) in [4.78, 5) is 21.9. The zero-order valence-electron chi connectivity index (χ0n) is 8.73. The molecule has 1 aliphatic rings. The lowest BCUT2D eigenvalue weighted by molar-refractivity contribution is -0.137. The van der Waals surface area contributed by atoms with Crippen LogP contribution in [0.15, 0.2) is 16.5 Å². The summed E-state index contributed by atoms with van der Waals surface area (Å²) >= 11 is 0. The van der Waals surface area contributed by atoms with Crippen LogP contribution in [0.5, 0.6) is 0 Å². The minimum Gasteiger partial charge on any atom is -0.481 e. The van der Waals surface area contributed by atoms with Crippen molar-refractivity contribution < 1.29 is 19.1 Å². The maximum Gasteiger partial charge on any atom is 0.303 e. The van der Waals surface area contributed by atoms with Crippen molar-refractivity contribution in [3.05, 3.63) is 23.7 Å². The van der Waals surface area contributed by atoms with Gasteiger partial charge in [-0.2, -0.15) is 0 Å². The number of furan rings is 1. The summed E-state index contributed by atoms with van der Waals surface area (Å²) in [6.07, 6.45) is 2.37. The molecular formula is C11H13NO4. The molecule has 1 aromatic rings. The van der Waals surface area contributed by atoms with E-state index in [2.05, 4.69) is 5.32 Å². The molecule has 0 radical (unpaired) electrons. The molecule has 0 spiro atoms. The van der Waals surface area contributed by atoms with E-state index in [9.17, 15) is 9.59 Å². The third-order valence-corrected chi connectivity index (χ3v) is 2.38. The van der Waals surface area contributed by atoms with E-state index in [0.717, 1.165) is 12.8 Å². The number of carbonyl (C=O) groups is 2. The highest BCUT2D eigenvalue weighted by molar-refractivity contribution is 5.91. The van der Waals surface area contributed by atoms with Gasteiger partial charge in [-0.15, -0.1) is 0 Å². The molecule has 0 aromatic carbocycles. The highest BCUT2D eigenvalue weighted by atomic mass is 16.4. The topological polar surface area (TPSA) is 79.5 Å². The van der Waals surface area contributed by atoms with Crippen LogP contribution in [0.4, 0.5) is 0 Å². The number of rotatable bonds is 5. The Kier molecular flexibility index (Phi) is 2.94. The molecule has 1 aromatic heterocycles. The Hall–Kier alpha value is -1.78. The zero-order chi connectivity index (χ0) is 11.5. The van der Waals surface area contributed by atoms with Crippen LogP contribution in [0.2, 0.25) is 0 Å². The molecular weight excluding hydrogens is 210 g/mol. The molecule has 0 bridgehead atoms. The van der Waals surface area contributed by atoms with Crippen molar-refractivity contribution in [3.8, 4) is 0 Å². The van der Waals surface area contributed by atoms with Gasteiger partial charge in [-0.1, -0.05) is 0 Å². The van der Waals surface area contributed by atoms with Gasteiger partial charge in [0.1, 0.15) is 5.76 Å². The molecule has 0 saturated heterocycles. The molecule has 0 aliphatic heterocycles. The molecule has 1 saturated carbocycles. The van der Waals surface area contributed by atoms with Crippen LogP contribution in [-0.2, 0) is 11.2 Å². The first-order valence-corrected chi connectivity index (χ1v) is 5.26. The number of aliphatic carboxylic acids is 1. The lowest BCUT2D eigenvalue weighted by Crippen LogP contribution is -2.24. The van der Waals surface area contributed by atoms with E-state index >= 15 is 0 Å². The molecule has 5 heteroatoms. The minimum atomic E-state index is -0.875. The summed E-state index contributed by atoms with van der Waals surface area (Å²) in [5.74, 6) is -0.305. The lowest BCUT2D eigenvalue weighted by atomic mass is 10.2. The van der Waals surface area contributed by atoms with Crippen LogP contribution in [0.3, 0.4) is 0 Å². The number of hydrogen-bond donors (Lipinski definition) is 2. The van der Waals surface area contributed by atoms with E-state index in [1.165, 1.54) is 0 Å². The van der Waals surface area contributed by atoms with Crippen LogP contribution in [-0.4, -0.2) is 23.0 Å². The van der Waals surface area contributed by atoms with Gasteiger partial charge in [-0.05, 0) is 25.0 Å². The van der Waals surface area contributed by atoms with Crippen LogP contribution in [0, 0.1) is 0 Å². The first-order chi connectivity index (χ1) is 7.65. The van der Waals surface area contributed by atoms with Crippen molar-refractivity contribution in [3.63, 3.8) is 0 Å². The number of nitrogens with one attached hydrogen (secondary N) is 1. The van der Waals surface area contributed by atoms with Gasteiger partial charge in [-0.25, -0.2) is 0 Å². The number of carboxylic acid groups (broad SMARTS) is 1. The van der Waals surface area contributed by atoms with Crippen molar-refractivity contribution in [2.45, 2.75) is 31.7 Å². The van der Waals surface area contributed by atoms with Crippen LogP contribution < -0.4 is 5.32 Å². The van der Waals surface area contributed by atoms with E-state index in [-0.39, 0.29) is 18.1 Å². The molecule has 1 fully saturated rings. The third kappa shape index (κ3) is 2.85. The summed E-state index contributed by atoms with van der Waals surface area (Å²) in [6.45, 7) is 0. The molecule has 0 unspecified atom stereocenters. The predicted octanol–water partition coefficient (Wildman–Crippen LogP) is 1.19. The molecule has 5 nitrogen and oxygen atoms in total. The SMILES string of the molecule is O=C(O)CCc1ccc(C(=O)NC2CC2)o1. The molecule has 2 N–H and O–H groups in total. The number of aryl methyl sites for hydroxylation is 1. The Balaban J connectivity index is 1.90. The Morgan fingerprint density at radius 2 is 2.19 bits per heavy atom. The van der Waals surface area contributed by atoms with Crippen molar-refractivity contribution >= 4 is 11.9 Å².